The zero-order chi connectivity index (χ0) is 12.6. The van der Waals surface area contributed by atoms with Crippen LogP contribution in [0.3, 0.4) is 0 Å². The Labute approximate surface area is 109 Å². The van der Waals surface area contributed by atoms with Crippen molar-refractivity contribution in [1.82, 2.24) is 0 Å². The van der Waals surface area contributed by atoms with E-state index in [1.54, 1.807) is 11.3 Å². The smallest absolute Gasteiger partial charge is 0.0940 e. The fraction of sp³-hybridized carbons (Fsp3) is 0.733. The van der Waals surface area contributed by atoms with Gasteiger partial charge >= 0.3 is 0 Å². The van der Waals surface area contributed by atoms with Crippen LogP contribution >= 0.6 is 11.3 Å². The second kappa shape index (κ2) is 4.74. The molecule has 1 saturated carbocycles. The van der Waals surface area contributed by atoms with Crippen molar-refractivity contribution in [1.29, 1.82) is 0 Å². The lowest BCUT2D eigenvalue weighted by molar-refractivity contribution is -0.0866. The molecule has 1 N–H and O–H groups in total. The molecule has 17 heavy (non-hydrogen) atoms. The number of aryl methyl sites for hydroxylation is 1. The molecule has 1 aliphatic carbocycles. The Morgan fingerprint density at radius 3 is 2.65 bits per heavy atom. The molecule has 3 unspecified atom stereocenters. The molecule has 1 fully saturated rings. The Morgan fingerprint density at radius 2 is 2.12 bits per heavy atom. The maximum Gasteiger partial charge on any atom is 0.0940 e. The second-order valence-electron chi connectivity index (χ2n) is 6.05. The molecule has 0 aromatic carbocycles. The average molecular weight is 252 g/mol. The van der Waals surface area contributed by atoms with Gasteiger partial charge in [0.05, 0.1) is 5.60 Å². The Kier molecular flexibility index (Phi) is 3.65. The standard InChI is InChI=1S/C15H24OS/c1-10(2)13-6-5-11(3)9-15(13,16)14-7-8-17-12(14)4/h7-8,10-11,13,16H,5-6,9H2,1-4H3. The molecule has 1 aliphatic rings. The Bertz CT molecular complexity index is 382. The van der Waals surface area contributed by atoms with E-state index in [2.05, 4.69) is 39.1 Å². The van der Waals surface area contributed by atoms with Crippen molar-refractivity contribution in [2.45, 2.75) is 52.6 Å². The Hall–Kier alpha value is -0.340. The molecule has 1 nitrogen and oxygen atoms in total. The van der Waals surface area contributed by atoms with Crippen molar-refractivity contribution >= 4 is 11.3 Å². The molecule has 1 aromatic rings. The van der Waals surface area contributed by atoms with Gasteiger partial charge in [0.25, 0.3) is 0 Å². The minimum absolute atomic E-state index is 0.409. The summed E-state index contributed by atoms with van der Waals surface area (Å²) in [6.45, 7) is 8.89. The van der Waals surface area contributed by atoms with Crippen LogP contribution in [0.5, 0.6) is 0 Å². The molecule has 3 atom stereocenters. The maximum atomic E-state index is 11.2. The molecule has 0 radical (unpaired) electrons. The van der Waals surface area contributed by atoms with E-state index in [4.69, 9.17) is 0 Å². The van der Waals surface area contributed by atoms with E-state index in [1.807, 2.05) is 0 Å². The normalized spacial score (nSPS) is 34.2. The van der Waals surface area contributed by atoms with Gasteiger partial charge in [0.2, 0.25) is 0 Å². The van der Waals surface area contributed by atoms with Crippen molar-refractivity contribution in [3.63, 3.8) is 0 Å². The molecule has 0 aliphatic heterocycles. The number of thiophene rings is 1. The molecule has 0 saturated heterocycles. The predicted octanol–water partition coefficient (Wildman–Crippen LogP) is 4.34. The largest absolute Gasteiger partial charge is 0.385 e. The van der Waals surface area contributed by atoms with Gasteiger partial charge in [-0.05, 0) is 54.5 Å². The van der Waals surface area contributed by atoms with Crippen LogP contribution in [0.25, 0.3) is 0 Å². The molecule has 0 spiro atoms. The van der Waals surface area contributed by atoms with E-state index < -0.39 is 5.60 Å². The summed E-state index contributed by atoms with van der Waals surface area (Å²) in [6, 6.07) is 2.13. The van der Waals surface area contributed by atoms with Crippen LogP contribution in [-0.2, 0) is 5.60 Å². The number of aliphatic hydroxyl groups is 1. The lowest BCUT2D eigenvalue weighted by atomic mass is 9.64. The van der Waals surface area contributed by atoms with E-state index in [0.717, 1.165) is 12.8 Å². The molecule has 96 valence electrons. The first-order valence-electron chi connectivity index (χ1n) is 6.72. The first kappa shape index (κ1) is 13.1. The fourth-order valence-corrected chi connectivity index (χ4v) is 4.30. The Balaban J connectivity index is 2.39. The first-order valence-corrected chi connectivity index (χ1v) is 7.60. The monoisotopic (exact) mass is 252 g/mol. The third kappa shape index (κ3) is 2.30. The summed E-state index contributed by atoms with van der Waals surface area (Å²) in [4.78, 5) is 1.28. The summed E-state index contributed by atoms with van der Waals surface area (Å²) in [5, 5.41) is 13.3. The van der Waals surface area contributed by atoms with Gasteiger partial charge in [-0.3, -0.25) is 0 Å². The molecular weight excluding hydrogens is 228 g/mol. The molecule has 0 amide bonds. The molecule has 2 heteroatoms. The van der Waals surface area contributed by atoms with Gasteiger partial charge in [-0.25, -0.2) is 0 Å². The summed E-state index contributed by atoms with van der Waals surface area (Å²) in [5.74, 6) is 1.59. The highest BCUT2D eigenvalue weighted by Gasteiger charge is 2.44. The third-order valence-electron chi connectivity index (χ3n) is 4.37. The minimum Gasteiger partial charge on any atom is -0.385 e. The summed E-state index contributed by atoms with van der Waals surface area (Å²) in [5.41, 5.74) is 0.600. The molecular formula is C15H24OS. The van der Waals surface area contributed by atoms with Gasteiger partial charge in [0.15, 0.2) is 0 Å². The minimum atomic E-state index is -0.587. The van der Waals surface area contributed by atoms with E-state index in [-0.39, 0.29) is 0 Å². The average Bonchev–Trinajstić information content (AvgIpc) is 2.64. The third-order valence-corrected chi connectivity index (χ3v) is 5.22. The van der Waals surface area contributed by atoms with Crippen LogP contribution in [0.15, 0.2) is 11.4 Å². The van der Waals surface area contributed by atoms with Crippen molar-refractivity contribution < 1.29 is 5.11 Å². The molecule has 0 bridgehead atoms. The van der Waals surface area contributed by atoms with Crippen LogP contribution in [0, 0.1) is 24.7 Å². The topological polar surface area (TPSA) is 20.2 Å². The first-order chi connectivity index (χ1) is 7.95. The number of hydrogen-bond acceptors (Lipinski definition) is 2. The highest BCUT2D eigenvalue weighted by molar-refractivity contribution is 7.10. The lowest BCUT2D eigenvalue weighted by Gasteiger charge is -2.45. The lowest BCUT2D eigenvalue weighted by Crippen LogP contribution is -2.43. The van der Waals surface area contributed by atoms with Crippen LogP contribution in [0.4, 0.5) is 0 Å². The SMILES string of the molecule is Cc1sccc1C1(O)CC(C)CCC1C(C)C. The summed E-state index contributed by atoms with van der Waals surface area (Å²) in [7, 11) is 0. The van der Waals surface area contributed by atoms with Crippen LogP contribution in [-0.4, -0.2) is 5.11 Å². The van der Waals surface area contributed by atoms with Gasteiger partial charge in [-0.2, -0.15) is 0 Å². The quantitative estimate of drug-likeness (QED) is 0.830. The van der Waals surface area contributed by atoms with Crippen LogP contribution < -0.4 is 0 Å². The highest BCUT2D eigenvalue weighted by Crippen LogP contribution is 2.48. The van der Waals surface area contributed by atoms with E-state index in [1.165, 1.54) is 16.9 Å². The fourth-order valence-electron chi connectivity index (χ4n) is 3.52. The van der Waals surface area contributed by atoms with Crippen molar-refractivity contribution in [3.8, 4) is 0 Å². The number of rotatable bonds is 2. The summed E-state index contributed by atoms with van der Waals surface area (Å²) < 4.78 is 0. The zero-order valence-electron chi connectivity index (χ0n) is 11.4. The molecule has 1 aromatic heterocycles. The Morgan fingerprint density at radius 1 is 1.41 bits per heavy atom. The van der Waals surface area contributed by atoms with Gasteiger partial charge in [-0.15, -0.1) is 11.3 Å². The second-order valence-corrected chi connectivity index (χ2v) is 7.17. The van der Waals surface area contributed by atoms with Crippen molar-refractivity contribution in [2.24, 2.45) is 17.8 Å². The van der Waals surface area contributed by atoms with Gasteiger partial charge in [0, 0.05) is 4.88 Å². The molecule has 1 heterocycles. The predicted molar refractivity (Wildman–Crippen MR) is 74.3 cm³/mol. The summed E-state index contributed by atoms with van der Waals surface area (Å²) >= 11 is 1.75. The van der Waals surface area contributed by atoms with Crippen LogP contribution in [0.2, 0.25) is 0 Å². The van der Waals surface area contributed by atoms with Gasteiger partial charge in [0.1, 0.15) is 0 Å². The van der Waals surface area contributed by atoms with E-state index in [0.29, 0.717) is 17.8 Å². The van der Waals surface area contributed by atoms with Crippen LogP contribution in [0.1, 0.15) is 50.5 Å². The van der Waals surface area contributed by atoms with E-state index in [9.17, 15) is 5.11 Å². The van der Waals surface area contributed by atoms with Gasteiger partial charge < -0.3 is 5.11 Å². The number of hydrogen-bond donors (Lipinski definition) is 1. The van der Waals surface area contributed by atoms with E-state index >= 15 is 0 Å². The zero-order valence-corrected chi connectivity index (χ0v) is 12.2. The summed E-state index contributed by atoms with van der Waals surface area (Å²) in [6.07, 6.45) is 3.34. The van der Waals surface area contributed by atoms with Gasteiger partial charge in [-0.1, -0.05) is 27.2 Å². The van der Waals surface area contributed by atoms with Crippen molar-refractivity contribution in [2.75, 3.05) is 0 Å². The highest BCUT2D eigenvalue weighted by atomic mass is 32.1. The van der Waals surface area contributed by atoms with Crippen molar-refractivity contribution in [3.05, 3.63) is 21.9 Å². The maximum absolute atomic E-state index is 11.2. The molecule has 2 rings (SSSR count).